The summed E-state index contributed by atoms with van der Waals surface area (Å²) >= 11 is 0. The number of aromatic nitrogens is 1. The van der Waals surface area contributed by atoms with Gasteiger partial charge in [0.25, 0.3) is 25.7 Å². The standard InChI is InChI=1S/C9H6F6N2O4S.C6H5F3N2O2S.FH.2K/c1-4-2-5(9(12,13)14)7(6(3-4)17(18)19)16-22(20,21-15)8(10)11;7-6(8)14(12,13-9)11-5-1-3-10-4-2-5;;;/h2-3,8H,1H3;1-4,6H;1H;;/q;;;2*+1. The van der Waals surface area contributed by atoms with Crippen LogP contribution in [-0.4, -0.2) is 29.8 Å². The number of halogens is 10. The van der Waals surface area contributed by atoms with E-state index in [0.29, 0.717) is 12.1 Å². The molecule has 1 heterocycles. The molecule has 1 aromatic heterocycles. The van der Waals surface area contributed by atoms with Crippen molar-refractivity contribution in [2.45, 2.75) is 24.6 Å². The van der Waals surface area contributed by atoms with E-state index in [-0.39, 0.29) is 119 Å². The van der Waals surface area contributed by atoms with E-state index >= 15 is 0 Å². The van der Waals surface area contributed by atoms with E-state index in [2.05, 4.69) is 22.5 Å². The SMILES string of the molecule is Cc1cc([N+](=O)[O-])c(N=S(=O)(OF)C(F)F)c(C(F)(F)F)c1.F.O=S(=Nc1ccncc1)(OF)C(F)F.[K+].[K+]. The molecule has 0 amide bonds. The molecule has 1 aromatic carbocycles. The van der Waals surface area contributed by atoms with Crippen LogP contribution in [-0.2, 0) is 35.0 Å². The van der Waals surface area contributed by atoms with E-state index < -0.39 is 59.6 Å². The van der Waals surface area contributed by atoms with Crippen LogP contribution < -0.4 is 103 Å². The van der Waals surface area contributed by atoms with E-state index in [4.69, 9.17) is 0 Å². The van der Waals surface area contributed by atoms with Crippen LogP contribution in [0.2, 0.25) is 0 Å². The van der Waals surface area contributed by atoms with Crippen molar-refractivity contribution in [2.75, 3.05) is 0 Å². The van der Waals surface area contributed by atoms with E-state index in [0.717, 1.165) is 6.92 Å². The number of nitrogens with zero attached hydrogens (tertiary/aromatic N) is 4. The molecule has 0 aliphatic carbocycles. The minimum atomic E-state index is -5.53. The van der Waals surface area contributed by atoms with Gasteiger partial charge in [0.05, 0.1) is 16.2 Å². The maximum Gasteiger partial charge on any atom is 1.00 e. The Morgan fingerprint density at radius 3 is 1.74 bits per heavy atom. The first kappa shape index (κ1) is 43.6. The van der Waals surface area contributed by atoms with Crippen molar-refractivity contribution in [1.29, 1.82) is 0 Å². The molecule has 2 unspecified atom stereocenters. The summed E-state index contributed by atoms with van der Waals surface area (Å²) in [5, 5.41) is 10.8. The second-order valence-corrected chi connectivity index (χ2v) is 9.39. The van der Waals surface area contributed by atoms with Gasteiger partial charge in [-0.3, -0.25) is 19.8 Å². The summed E-state index contributed by atoms with van der Waals surface area (Å²) in [6.45, 7) is 1.07. The molecule has 0 saturated heterocycles. The number of hydrogen-bond acceptors (Lipinski definition) is 9. The molecular formula is C15H12F10K2N4O6S2+2. The van der Waals surface area contributed by atoms with Crippen LogP contribution in [0.25, 0.3) is 0 Å². The molecular weight excluding hydrogens is 664 g/mol. The Balaban J connectivity index is -0.000000667. The molecule has 2 rings (SSSR count). The van der Waals surface area contributed by atoms with Gasteiger partial charge in [0.15, 0.2) is 5.69 Å². The molecule has 24 heteroatoms. The molecule has 2 atom stereocenters. The van der Waals surface area contributed by atoms with Crippen molar-refractivity contribution in [3.8, 4) is 0 Å². The van der Waals surface area contributed by atoms with E-state index in [1.165, 1.54) is 24.5 Å². The molecule has 10 nitrogen and oxygen atoms in total. The fourth-order valence-corrected chi connectivity index (χ4v) is 3.24. The summed E-state index contributed by atoms with van der Waals surface area (Å²) in [6.07, 6.45) is -2.76. The van der Waals surface area contributed by atoms with Crippen molar-refractivity contribution in [1.82, 2.24) is 4.98 Å². The first-order chi connectivity index (χ1) is 16.5. The molecule has 0 bridgehead atoms. The third-order valence-corrected chi connectivity index (χ3v) is 5.65. The maximum absolute atomic E-state index is 12.9. The normalized spacial score (nSPS) is 13.7. The number of hydrogen-bond donors (Lipinski definition) is 0. The van der Waals surface area contributed by atoms with Gasteiger partial charge in [0.1, 0.15) is 0 Å². The smallest absolute Gasteiger partial charge is 0.269 e. The van der Waals surface area contributed by atoms with Crippen LogP contribution in [0.3, 0.4) is 0 Å². The Hall–Kier alpha value is 0.163. The average Bonchev–Trinajstić information content (AvgIpc) is 2.79. The van der Waals surface area contributed by atoms with Crippen LogP contribution >= 0.6 is 0 Å². The fourth-order valence-electron chi connectivity index (χ4n) is 2.05. The second-order valence-electron chi connectivity index (χ2n) is 6.00. The summed E-state index contributed by atoms with van der Waals surface area (Å²) in [5.74, 6) is -7.64. The number of pyridine rings is 1. The van der Waals surface area contributed by atoms with Crippen LogP contribution in [0, 0.1) is 17.0 Å². The predicted molar refractivity (Wildman–Crippen MR) is 106 cm³/mol. The molecule has 0 fully saturated rings. The topological polar surface area (TPSA) is 133 Å². The minimum absolute atomic E-state index is 0. The number of nitro groups is 1. The zero-order valence-corrected chi connectivity index (χ0v) is 27.4. The van der Waals surface area contributed by atoms with E-state index in [1.807, 2.05) is 0 Å². The molecule has 0 saturated carbocycles. The number of alkyl halides is 7. The van der Waals surface area contributed by atoms with Gasteiger partial charge in [-0.25, -0.2) is 8.42 Å². The maximum atomic E-state index is 12.9. The molecule has 0 N–H and O–H groups in total. The Morgan fingerprint density at radius 1 is 0.949 bits per heavy atom. The van der Waals surface area contributed by atoms with Crippen LogP contribution in [0.1, 0.15) is 11.1 Å². The second kappa shape index (κ2) is 18.6. The van der Waals surface area contributed by atoms with Crippen LogP contribution in [0.5, 0.6) is 0 Å². The quantitative estimate of drug-likeness (QED) is 0.180. The predicted octanol–water partition coefficient (Wildman–Crippen LogP) is 0.441. The van der Waals surface area contributed by atoms with Crippen molar-refractivity contribution >= 4 is 37.1 Å². The Labute approximate surface area is 298 Å². The molecule has 210 valence electrons. The van der Waals surface area contributed by atoms with Gasteiger partial charge in [0, 0.05) is 18.5 Å². The largest absolute Gasteiger partial charge is 1.00 e. The summed E-state index contributed by atoms with van der Waals surface area (Å²) in [4.78, 5) is 13.0. The third-order valence-electron chi connectivity index (χ3n) is 3.48. The molecule has 39 heavy (non-hydrogen) atoms. The Kier molecular flexibility index (Phi) is 20.9. The Morgan fingerprint density at radius 2 is 1.38 bits per heavy atom. The van der Waals surface area contributed by atoms with Gasteiger partial charge in [-0.05, 0) is 39.7 Å². The van der Waals surface area contributed by atoms with Gasteiger partial charge >= 0.3 is 120 Å². The summed E-state index contributed by atoms with van der Waals surface area (Å²) in [6, 6.07) is 3.33. The third kappa shape index (κ3) is 12.9. The Bertz CT molecular complexity index is 1320. The zero-order chi connectivity index (χ0) is 27.9. The van der Waals surface area contributed by atoms with Gasteiger partial charge in [0.2, 0.25) is 0 Å². The van der Waals surface area contributed by atoms with Gasteiger partial charge in [-0.2, -0.15) is 39.5 Å². The van der Waals surface area contributed by atoms with Crippen molar-refractivity contribution in [3.05, 3.63) is 57.9 Å². The van der Waals surface area contributed by atoms with Gasteiger partial charge in [-0.15, -0.1) is 0 Å². The zero-order valence-electron chi connectivity index (χ0n) is 19.5. The molecule has 0 aliphatic heterocycles. The van der Waals surface area contributed by atoms with Crippen LogP contribution in [0.15, 0.2) is 45.4 Å². The van der Waals surface area contributed by atoms with E-state index in [9.17, 15) is 58.3 Å². The summed E-state index contributed by atoms with van der Waals surface area (Å²) in [5.41, 5.74) is -5.21. The van der Waals surface area contributed by atoms with Crippen LogP contribution in [0.4, 0.5) is 61.6 Å². The van der Waals surface area contributed by atoms with Crippen molar-refractivity contribution in [3.63, 3.8) is 0 Å². The van der Waals surface area contributed by atoms with Crippen molar-refractivity contribution < 1.29 is 169 Å². The number of nitro benzene ring substituents is 1. The van der Waals surface area contributed by atoms with Crippen molar-refractivity contribution in [2.24, 2.45) is 8.73 Å². The number of rotatable bonds is 7. The van der Waals surface area contributed by atoms with Gasteiger partial charge < -0.3 is 0 Å². The van der Waals surface area contributed by atoms with Gasteiger partial charge in [-0.1, -0.05) is 8.78 Å². The first-order valence-electron chi connectivity index (χ1n) is 8.45. The molecule has 2 aromatic rings. The fraction of sp³-hybridized carbons (Fsp3) is 0.267. The number of benzene rings is 1. The summed E-state index contributed by atoms with van der Waals surface area (Å²) < 4.78 is 144. The molecule has 0 spiro atoms. The minimum Gasteiger partial charge on any atom is -0.269 e. The average molecular weight is 677 g/mol. The molecule has 0 aliphatic rings. The molecule has 0 radical (unpaired) electrons. The van der Waals surface area contributed by atoms with E-state index in [1.54, 1.807) is 0 Å². The first-order valence-corrected chi connectivity index (χ1v) is 11.5. The number of aryl methyl sites for hydroxylation is 1. The monoisotopic (exact) mass is 676 g/mol. The summed E-state index contributed by atoms with van der Waals surface area (Å²) in [7, 11) is -10.1.